The Balaban J connectivity index is 2.05. The molecule has 0 aliphatic carbocycles. The first-order chi connectivity index (χ1) is 11.1. The maximum atomic E-state index is 13.6. The van der Waals surface area contributed by atoms with Crippen molar-refractivity contribution in [3.8, 4) is 0 Å². The molecule has 0 aliphatic heterocycles. The first-order valence-electron chi connectivity index (χ1n) is 7.69. The second-order valence-electron chi connectivity index (χ2n) is 5.30. The Bertz CT molecular complexity index is 870. The van der Waals surface area contributed by atoms with E-state index in [9.17, 15) is 9.18 Å². The van der Waals surface area contributed by atoms with Crippen molar-refractivity contribution in [2.24, 2.45) is 0 Å². The second-order valence-corrected chi connectivity index (χ2v) is 5.30. The van der Waals surface area contributed by atoms with Crippen molar-refractivity contribution in [2.75, 3.05) is 5.32 Å². The molecule has 0 saturated heterocycles. The summed E-state index contributed by atoms with van der Waals surface area (Å²) in [4.78, 5) is 17.2. The molecule has 5 heteroatoms. The number of fused-ring (bicyclic) bond motifs is 1. The molecule has 1 N–H and O–H groups in total. The molecule has 0 aliphatic rings. The number of amides is 1. The van der Waals surface area contributed by atoms with Gasteiger partial charge in [-0.1, -0.05) is 32.0 Å². The lowest BCUT2D eigenvalue weighted by Gasteiger charge is -2.10. The van der Waals surface area contributed by atoms with Gasteiger partial charge in [-0.2, -0.15) is 0 Å². The van der Waals surface area contributed by atoms with Gasteiger partial charge in [0.1, 0.15) is 17.2 Å². The number of benzene rings is 1. The minimum atomic E-state index is -0.402. The fourth-order valence-electron chi connectivity index (χ4n) is 2.69. The molecule has 0 spiro atoms. The summed E-state index contributed by atoms with van der Waals surface area (Å²) < 4.78 is 15.1. The van der Waals surface area contributed by atoms with E-state index in [1.165, 1.54) is 16.7 Å². The van der Waals surface area contributed by atoms with Gasteiger partial charge in [-0.3, -0.25) is 9.20 Å². The SMILES string of the molecule is CCc1ccccc1NC(=O)c1c(CC)nc2ccc(F)cn12. The summed E-state index contributed by atoms with van der Waals surface area (Å²) >= 11 is 0. The number of imidazole rings is 1. The molecule has 0 fully saturated rings. The summed E-state index contributed by atoms with van der Waals surface area (Å²) in [6.45, 7) is 3.96. The van der Waals surface area contributed by atoms with Crippen LogP contribution in [0, 0.1) is 5.82 Å². The van der Waals surface area contributed by atoms with Gasteiger partial charge in [-0.05, 0) is 36.6 Å². The largest absolute Gasteiger partial charge is 0.320 e. The molecule has 2 heterocycles. The maximum Gasteiger partial charge on any atom is 0.274 e. The number of hydrogen-bond donors (Lipinski definition) is 1. The van der Waals surface area contributed by atoms with E-state index in [0.717, 1.165) is 17.7 Å². The number of carbonyl (C=O) groups is 1. The Morgan fingerprint density at radius 2 is 1.96 bits per heavy atom. The van der Waals surface area contributed by atoms with Crippen molar-refractivity contribution in [2.45, 2.75) is 26.7 Å². The molecule has 3 aromatic rings. The molecular weight excluding hydrogens is 293 g/mol. The monoisotopic (exact) mass is 311 g/mol. The van der Waals surface area contributed by atoms with Crippen LogP contribution in [0.3, 0.4) is 0 Å². The van der Waals surface area contributed by atoms with Crippen LogP contribution in [0.5, 0.6) is 0 Å². The quantitative estimate of drug-likeness (QED) is 0.795. The van der Waals surface area contributed by atoms with E-state index >= 15 is 0 Å². The van der Waals surface area contributed by atoms with Gasteiger partial charge in [-0.15, -0.1) is 0 Å². The zero-order valence-corrected chi connectivity index (χ0v) is 13.1. The molecule has 0 unspecified atom stereocenters. The molecule has 2 aromatic heterocycles. The number of aromatic nitrogens is 2. The fraction of sp³-hybridized carbons (Fsp3) is 0.222. The number of nitrogens with one attached hydrogen (secondary N) is 1. The molecule has 1 aromatic carbocycles. The van der Waals surface area contributed by atoms with Gasteiger partial charge in [0.05, 0.1) is 5.69 Å². The smallest absolute Gasteiger partial charge is 0.274 e. The number of para-hydroxylation sites is 1. The number of anilines is 1. The van der Waals surface area contributed by atoms with Gasteiger partial charge < -0.3 is 5.32 Å². The van der Waals surface area contributed by atoms with Crippen molar-refractivity contribution >= 4 is 17.2 Å². The number of carbonyl (C=O) groups excluding carboxylic acids is 1. The second kappa shape index (κ2) is 6.20. The van der Waals surface area contributed by atoms with Crippen LogP contribution < -0.4 is 5.32 Å². The average molecular weight is 311 g/mol. The minimum absolute atomic E-state index is 0.277. The van der Waals surface area contributed by atoms with Crippen LogP contribution in [-0.2, 0) is 12.8 Å². The summed E-state index contributed by atoms with van der Waals surface area (Å²) in [5.41, 5.74) is 3.43. The summed E-state index contributed by atoms with van der Waals surface area (Å²) in [5.74, 6) is -0.679. The summed E-state index contributed by atoms with van der Waals surface area (Å²) in [6, 6.07) is 10.6. The van der Waals surface area contributed by atoms with Gasteiger partial charge in [0.25, 0.3) is 5.91 Å². The van der Waals surface area contributed by atoms with E-state index in [1.807, 2.05) is 38.1 Å². The van der Waals surface area contributed by atoms with E-state index in [-0.39, 0.29) is 5.91 Å². The van der Waals surface area contributed by atoms with Crippen molar-refractivity contribution in [3.63, 3.8) is 0 Å². The third-order valence-electron chi connectivity index (χ3n) is 3.85. The van der Waals surface area contributed by atoms with E-state index in [2.05, 4.69) is 10.3 Å². The molecule has 0 radical (unpaired) electrons. The molecule has 0 saturated carbocycles. The average Bonchev–Trinajstić information content (AvgIpc) is 2.93. The highest BCUT2D eigenvalue weighted by Gasteiger charge is 2.19. The van der Waals surface area contributed by atoms with E-state index in [1.54, 1.807) is 6.07 Å². The van der Waals surface area contributed by atoms with Crippen molar-refractivity contribution in [1.82, 2.24) is 9.38 Å². The Morgan fingerprint density at radius 3 is 2.70 bits per heavy atom. The number of aryl methyl sites for hydroxylation is 2. The minimum Gasteiger partial charge on any atom is -0.320 e. The molecule has 1 amide bonds. The van der Waals surface area contributed by atoms with Gasteiger partial charge in [0.15, 0.2) is 0 Å². The first kappa shape index (κ1) is 15.2. The van der Waals surface area contributed by atoms with E-state index < -0.39 is 5.82 Å². The van der Waals surface area contributed by atoms with Gasteiger partial charge in [-0.25, -0.2) is 9.37 Å². The van der Waals surface area contributed by atoms with Crippen molar-refractivity contribution in [1.29, 1.82) is 0 Å². The fourth-order valence-corrected chi connectivity index (χ4v) is 2.69. The van der Waals surface area contributed by atoms with Crippen LogP contribution in [0.25, 0.3) is 5.65 Å². The number of hydrogen-bond acceptors (Lipinski definition) is 2. The highest BCUT2D eigenvalue weighted by molar-refractivity contribution is 6.04. The summed E-state index contributed by atoms with van der Waals surface area (Å²) in [5, 5.41) is 2.93. The van der Waals surface area contributed by atoms with Crippen LogP contribution in [0.15, 0.2) is 42.6 Å². The molecular formula is C18H18FN3O. The molecule has 118 valence electrons. The Hall–Kier alpha value is -2.69. The van der Waals surface area contributed by atoms with Gasteiger partial charge in [0, 0.05) is 11.9 Å². The van der Waals surface area contributed by atoms with Crippen molar-refractivity contribution in [3.05, 3.63) is 65.4 Å². The third-order valence-corrected chi connectivity index (χ3v) is 3.85. The number of rotatable bonds is 4. The topological polar surface area (TPSA) is 46.4 Å². The van der Waals surface area contributed by atoms with Gasteiger partial charge >= 0.3 is 0 Å². The molecule has 0 atom stereocenters. The predicted octanol–water partition coefficient (Wildman–Crippen LogP) is 3.85. The number of halogens is 1. The summed E-state index contributed by atoms with van der Waals surface area (Å²) in [6.07, 6.45) is 2.71. The van der Waals surface area contributed by atoms with Crippen LogP contribution in [0.4, 0.5) is 10.1 Å². The Kier molecular flexibility index (Phi) is 4.10. The third kappa shape index (κ3) is 2.82. The highest BCUT2D eigenvalue weighted by atomic mass is 19.1. The normalized spacial score (nSPS) is 10.9. The lowest BCUT2D eigenvalue weighted by molar-refractivity contribution is 0.102. The standard InChI is InChI=1S/C18H18FN3O/c1-3-12-7-5-6-8-15(12)21-18(23)17-14(4-2)20-16-10-9-13(19)11-22(16)17/h5-11H,3-4H2,1-2H3,(H,21,23). The number of nitrogens with zero attached hydrogens (tertiary/aromatic N) is 2. The van der Waals surface area contributed by atoms with Crippen LogP contribution >= 0.6 is 0 Å². The van der Waals surface area contributed by atoms with Crippen LogP contribution in [0.1, 0.15) is 35.6 Å². The van der Waals surface area contributed by atoms with Crippen molar-refractivity contribution < 1.29 is 9.18 Å². The number of pyridine rings is 1. The molecule has 3 rings (SSSR count). The zero-order valence-electron chi connectivity index (χ0n) is 13.1. The first-order valence-corrected chi connectivity index (χ1v) is 7.69. The zero-order chi connectivity index (χ0) is 16.4. The van der Waals surface area contributed by atoms with Crippen LogP contribution in [0.2, 0.25) is 0 Å². The Morgan fingerprint density at radius 1 is 1.17 bits per heavy atom. The Labute approximate surface area is 134 Å². The maximum absolute atomic E-state index is 13.6. The molecule has 4 nitrogen and oxygen atoms in total. The molecule has 0 bridgehead atoms. The van der Waals surface area contributed by atoms with E-state index in [4.69, 9.17) is 0 Å². The predicted molar refractivity (Wildman–Crippen MR) is 88.3 cm³/mol. The highest BCUT2D eigenvalue weighted by Crippen LogP contribution is 2.19. The lowest BCUT2D eigenvalue weighted by Crippen LogP contribution is -2.17. The van der Waals surface area contributed by atoms with Gasteiger partial charge in [0.2, 0.25) is 0 Å². The van der Waals surface area contributed by atoms with Crippen LogP contribution in [-0.4, -0.2) is 15.3 Å². The lowest BCUT2D eigenvalue weighted by atomic mass is 10.1. The molecule has 23 heavy (non-hydrogen) atoms. The summed E-state index contributed by atoms with van der Waals surface area (Å²) in [7, 11) is 0. The van der Waals surface area contributed by atoms with E-state index in [0.29, 0.717) is 23.5 Å².